The lowest BCUT2D eigenvalue weighted by molar-refractivity contribution is -0.134. The lowest BCUT2D eigenvalue weighted by atomic mass is 10.1. The number of para-hydroxylation sites is 2. The number of carbonyl (C=O) groups is 1. The van der Waals surface area contributed by atoms with E-state index in [2.05, 4.69) is 5.32 Å². The van der Waals surface area contributed by atoms with Crippen molar-refractivity contribution in [2.45, 2.75) is 63.9 Å². The van der Waals surface area contributed by atoms with Crippen LogP contribution in [0.2, 0.25) is 0 Å². The van der Waals surface area contributed by atoms with Crippen LogP contribution < -0.4 is 14.8 Å². The second kappa shape index (κ2) is 7.21. The van der Waals surface area contributed by atoms with Crippen LogP contribution in [0.5, 0.6) is 11.5 Å². The van der Waals surface area contributed by atoms with Crippen LogP contribution in [0.4, 0.5) is 0 Å². The smallest absolute Gasteiger partial charge is 0.265 e. The van der Waals surface area contributed by atoms with E-state index in [1.54, 1.807) is 0 Å². The molecule has 1 saturated heterocycles. The minimum absolute atomic E-state index is 0.0969. The first-order chi connectivity index (χ1) is 11.1. The van der Waals surface area contributed by atoms with Gasteiger partial charge in [0, 0.05) is 12.6 Å². The minimum Gasteiger partial charge on any atom is -0.482 e. The molecule has 0 saturated carbocycles. The predicted octanol–water partition coefficient (Wildman–Crippen LogP) is 2.68. The van der Waals surface area contributed by atoms with Crippen molar-refractivity contribution in [1.82, 2.24) is 5.32 Å². The number of nitrogens with one attached hydrogen (secondary N) is 1. The monoisotopic (exact) mass is 319 g/mol. The summed E-state index contributed by atoms with van der Waals surface area (Å²) in [7, 11) is 0. The molecule has 0 unspecified atom stereocenters. The lowest BCUT2D eigenvalue weighted by Gasteiger charge is -2.31. The maximum absolute atomic E-state index is 12.5. The second-order valence-electron chi connectivity index (χ2n) is 6.43. The number of fused-ring (bicyclic) bond motifs is 1. The molecule has 2 aliphatic rings. The Morgan fingerprint density at radius 3 is 2.74 bits per heavy atom. The van der Waals surface area contributed by atoms with Crippen molar-refractivity contribution in [3.8, 4) is 11.5 Å². The summed E-state index contributed by atoms with van der Waals surface area (Å²) in [5, 5.41) is 3.04. The van der Waals surface area contributed by atoms with Gasteiger partial charge in [0.25, 0.3) is 5.91 Å². The molecule has 23 heavy (non-hydrogen) atoms. The summed E-state index contributed by atoms with van der Waals surface area (Å²) in [6.45, 7) is 4.75. The van der Waals surface area contributed by atoms with Crippen LogP contribution in [0.15, 0.2) is 24.3 Å². The molecule has 5 heteroatoms. The van der Waals surface area contributed by atoms with E-state index in [9.17, 15) is 4.79 Å². The van der Waals surface area contributed by atoms with E-state index in [4.69, 9.17) is 14.2 Å². The summed E-state index contributed by atoms with van der Waals surface area (Å²) in [4.78, 5) is 12.5. The first kappa shape index (κ1) is 16.1. The molecule has 0 aliphatic carbocycles. The molecule has 0 aromatic heterocycles. The zero-order chi connectivity index (χ0) is 16.2. The number of rotatable bonds is 5. The summed E-state index contributed by atoms with van der Waals surface area (Å²) in [5.41, 5.74) is 0. The number of ether oxygens (including phenoxy) is 3. The number of carbonyl (C=O) groups excluding carboxylic acids is 1. The van der Waals surface area contributed by atoms with E-state index in [1.165, 1.54) is 0 Å². The molecule has 0 spiro atoms. The first-order valence-electron chi connectivity index (χ1n) is 8.48. The summed E-state index contributed by atoms with van der Waals surface area (Å²) in [5.74, 6) is 1.19. The van der Waals surface area contributed by atoms with Gasteiger partial charge in [0.05, 0.1) is 6.10 Å². The van der Waals surface area contributed by atoms with Crippen LogP contribution in [-0.2, 0) is 9.53 Å². The van der Waals surface area contributed by atoms with Gasteiger partial charge >= 0.3 is 0 Å². The Labute approximate surface area is 137 Å². The third-order valence-electron chi connectivity index (χ3n) is 4.44. The van der Waals surface area contributed by atoms with Gasteiger partial charge in [0.15, 0.2) is 11.5 Å². The molecule has 1 N–H and O–H groups in total. The predicted molar refractivity (Wildman–Crippen MR) is 86.8 cm³/mol. The lowest BCUT2D eigenvalue weighted by Crippen LogP contribution is -2.51. The Bertz CT molecular complexity index is 542. The highest BCUT2D eigenvalue weighted by molar-refractivity contribution is 5.82. The van der Waals surface area contributed by atoms with Crippen LogP contribution >= 0.6 is 0 Å². The molecule has 0 bridgehead atoms. The fraction of sp³-hybridized carbons (Fsp3) is 0.611. The van der Waals surface area contributed by atoms with E-state index in [0.717, 1.165) is 32.3 Å². The molecule has 0 radical (unpaired) electrons. The SMILES string of the molecule is C[C@H](CC[C@@H]1CCCO1)NC(=O)[C@@H]1Oc2ccccc2O[C@@H]1C. The number of amides is 1. The molecule has 4 atom stereocenters. The molecular formula is C18H25NO4. The third kappa shape index (κ3) is 3.96. The van der Waals surface area contributed by atoms with Crippen LogP contribution in [0, 0.1) is 0 Å². The number of benzene rings is 1. The molecule has 126 valence electrons. The quantitative estimate of drug-likeness (QED) is 0.906. The van der Waals surface area contributed by atoms with Gasteiger partial charge in [-0.05, 0) is 51.7 Å². The van der Waals surface area contributed by atoms with Crippen molar-refractivity contribution in [2.75, 3.05) is 6.61 Å². The average molecular weight is 319 g/mol. The molecular weight excluding hydrogens is 294 g/mol. The molecule has 1 aromatic rings. The number of hydrogen-bond acceptors (Lipinski definition) is 4. The van der Waals surface area contributed by atoms with Crippen LogP contribution in [-0.4, -0.2) is 36.9 Å². The Balaban J connectivity index is 1.51. The largest absolute Gasteiger partial charge is 0.482 e. The van der Waals surface area contributed by atoms with Crippen molar-refractivity contribution in [1.29, 1.82) is 0 Å². The van der Waals surface area contributed by atoms with Crippen molar-refractivity contribution in [3.63, 3.8) is 0 Å². The minimum atomic E-state index is -0.616. The first-order valence-corrected chi connectivity index (χ1v) is 8.48. The topological polar surface area (TPSA) is 56.8 Å². The van der Waals surface area contributed by atoms with Crippen LogP contribution in [0.3, 0.4) is 0 Å². The van der Waals surface area contributed by atoms with Crippen LogP contribution in [0.1, 0.15) is 39.5 Å². The van der Waals surface area contributed by atoms with Crippen LogP contribution in [0.25, 0.3) is 0 Å². The van der Waals surface area contributed by atoms with E-state index in [1.807, 2.05) is 38.1 Å². The molecule has 5 nitrogen and oxygen atoms in total. The average Bonchev–Trinajstić information content (AvgIpc) is 3.05. The van der Waals surface area contributed by atoms with Gasteiger partial charge in [-0.3, -0.25) is 4.79 Å². The fourth-order valence-electron chi connectivity index (χ4n) is 3.11. The standard InChI is InChI=1S/C18H25NO4/c1-12(9-10-14-6-5-11-21-14)19-18(20)17-13(2)22-15-7-3-4-8-16(15)23-17/h3-4,7-8,12-14,17H,5-6,9-11H2,1-2H3,(H,19,20)/t12-,13-,14+,17-/m1/s1. The van der Waals surface area contributed by atoms with Gasteiger partial charge in [0.2, 0.25) is 6.10 Å². The van der Waals surface area contributed by atoms with E-state index in [-0.39, 0.29) is 18.1 Å². The van der Waals surface area contributed by atoms with Crippen molar-refractivity contribution in [3.05, 3.63) is 24.3 Å². The number of hydrogen-bond donors (Lipinski definition) is 1. The third-order valence-corrected chi connectivity index (χ3v) is 4.44. The summed E-state index contributed by atoms with van der Waals surface area (Å²) in [6, 6.07) is 7.53. The normalized spacial score (nSPS) is 27.5. The van der Waals surface area contributed by atoms with Crippen molar-refractivity contribution in [2.24, 2.45) is 0 Å². The van der Waals surface area contributed by atoms with Gasteiger partial charge in [-0.25, -0.2) is 0 Å². The molecule has 1 amide bonds. The summed E-state index contributed by atoms with van der Waals surface area (Å²) in [6.07, 6.45) is 3.61. The van der Waals surface area contributed by atoms with Crippen molar-refractivity contribution < 1.29 is 19.0 Å². The zero-order valence-electron chi connectivity index (χ0n) is 13.8. The fourth-order valence-corrected chi connectivity index (χ4v) is 3.11. The highest BCUT2D eigenvalue weighted by atomic mass is 16.6. The molecule has 1 aromatic carbocycles. The Hall–Kier alpha value is -1.75. The van der Waals surface area contributed by atoms with Crippen molar-refractivity contribution >= 4 is 5.91 Å². The maximum Gasteiger partial charge on any atom is 0.265 e. The van der Waals surface area contributed by atoms with Gasteiger partial charge in [-0.1, -0.05) is 12.1 Å². The molecule has 1 fully saturated rings. The molecule has 3 rings (SSSR count). The summed E-state index contributed by atoms with van der Waals surface area (Å²) < 4.78 is 17.2. The molecule has 2 aliphatic heterocycles. The Morgan fingerprint density at radius 1 is 1.30 bits per heavy atom. The Kier molecular flexibility index (Phi) is 5.06. The summed E-state index contributed by atoms with van der Waals surface area (Å²) >= 11 is 0. The Morgan fingerprint density at radius 2 is 2.04 bits per heavy atom. The molecule has 2 heterocycles. The highest BCUT2D eigenvalue weighted by Crippen LogP contribution is 2.33. The van der Waals surface area contributed by atoms with Gasteiger partial charge in [0.1, 0.15) is 6.10 Å². The zero-order valence-corrected chi connectivity index (χ0v) is 13.8. The van der Waals surface area contributed by atoms with E-state index in [0.29, 0.717) is 17.6 Å². The highest BCUT2D eigenvalue weighted by Gasteiger charge is 2.34. The second-order valence-corrected chi connectivity index (χ2v) is 6.43. The van der Waals surface area contributed by atoms with Gasteiger partial charge in [-0.2, -0.15) is 0 Å². The van der Waals surface area contributed by atoms with E-state index >= 15 is 0 Å². The van der Waals surface area contributed by atoms with Gasteiger partial charge in [-0.15, -0.1) is 0 Å². The van der Waals surface area contributed by atoms with E-state index < -0.39 is 6.10 Å². The van der Waals surface area contributed by atoms with Gasteiger partial charge < -0.3 is 19.5 Å². The maximum atomic E-state index is 12.5.